The van der Waals surface area contributed by atoms with Gasteiger partial charge in [0, 0.05) is 24.9 Å². The molecule has 0 aliphatic carbocycles. The second-order valence-corrected chi connectivity index (χ2v) is 4.31. The number of hydrogen-bond donors (Lipinski definition) is 0. The Bertz CT molecular complexity index is 322. The summed E-state index contributed by atoms with van der Waals surface area (Å²) in [5.74, 6) is -0.741. The molecule has 0 aliphatic heterocycles. The third kappa shape index (κ3) is 11.5. The van der Waals surface area contributed by atoms with E-state index in [0.717, 1.165) is 31.8 Å². The van der Waals surface area contributed by atoms with Crippen molar-refractivity contribution in [1.29, 1.82) is 0 Å². The summed E-state index contributed by atoms with van der Waals surface area (Å²) >= 11 is 0. The monoisotopic (exact) mass is 284 g/mol. The summed E-state index contributed by atoms with van der Waals surface area (Å²) in [7, 11) is 0. The van der Waals surface area contributed by atoms with Gasteiger partial charge in [-0.25, -0.2) is 9.59 Å². The maximum Gasteiger partial charge on any atom is 0.333 e. The Morgan fingerprint density at radius 1 is 0.950 bits per heavy atom. The summed E-state index contributed by atoms with van der Waals surface area (Å²) in [5.41, 5.74) is 0.415. The number of unbranched alkanes of at least 4 members (excludes halogenated alkanes) is 2. The first kappa shape index (κ1) is 18.4. The molecule has 0 heterocycles. The van der Waals surface area contributed by atoms with Gasteiger partial charge in [-0.15, -0.1) is 0 Å². The summed E-state index contributed by atoms with van der Waals surface area (Å²) in [5, 5.41) is 0. The summed E-state index contributed by atoms with van der Waals surface area (Å²) in [6, 6.07) is 0. The lowest BCUT2D eigenvalue weighted by Crippen LogP contribution is -2.07. The summed E-state index contributed by atoms with van der Waals surface area (Å²) in [4.78, 5) is 21.8. The van der Waals surface area contributed by atoms with Crippen LogP contribution in [0.25, 0.3) is 0 Å². The maximum absolute atomic E-state index is 11.1. The summed E-state index contributed by atoms with van der Waals surface area (Å²) in [6.45, 7) is 10.5. The highest BCUT2D eigenvalue weighted by atomic mass is 16.5. The van der Waals surface area contributed by atoms with E-state index in [4.69, 9.17) is 14.2 Å². The van der Waals surface area contributed by atoms with Gasteiger partial charge in [0.2, 0.25) is 0 Å². The van der Waals surface area contributed by atoms with E-state index in [-0.39, 0.29) is 5.97 Å². The Kier molecular flexibility index (Phi) is 11.4. The first-order valence-corrected chi connectivity index (χ1v) is 6.77. The minimum atomic E-state index is -0.393. The fourth-order valence-electron chi connectivity index (χ4n) is 1.23. The largest absolute Gasteiger partial charge is 0.463 e. The van der Waals surface area contributed by atoms with Crippen molar-refractivity contribution in [3.05, 3.63) is 24.8 Å². The molecule has 0 bridgehead atoms. The Hall–Kier alpha value is -1.62. The molecule has 5 heteroatoms. The van der Waals surface area contributed by atoms with Gasteiger partial charge in [0.15, 0.2) is 0 Å². The SMILES string of the molecule is C=CC(=O)OCCCCOCCCCOC(=O)C(=C)C. The molecule has 5 nitrogen and oxygen atoms in total. The molecule has 0 saturated carbocycles. The molecule has 0 aromatic carbocycles. The first-order chi connectivity index (χ1) is 9.57. The molecule has 0 aromatic heterocycles. The van der Waals surface area contributed by atoms with Crippen LogP contribution in [0, 0.1) is 0 Å². The van der Waals surface area contributed by atoms with Gasteiger partial charge in [0.05, 0.1) is 13.2 Å². The van der Waals surface area contributed by atoms with Gasteiger partial charge in [0.25, 0.3) is 0 Å². The van der Waals surface area contributed by atoms with Crippen molar-refractivity contribution < 1.29 is 23.8 Å². The highest BCUT2D eigenvalue weighted by Crippen LogP contribution is 1.98. The molecule has 0 spiro atoms. The van der Waals surface area contributed by atoms with Crippen molar-refractivity contribution in [2.75, 3.05) is 26.4 Å². The van der Waals surface area contributed by atoms with Crippen LogP contribution in [0.3, 0.4) is 0 Å². The lowest BCUT2D eigenvalue weighted by molar-refractivity contribution is -0.139. The average molecular weight is 284 g/mol. The number of carbonyl (C=O) groups is 2. The van der Waals surface area contributed by atoms with E-state index < -0.39 is 5.97 Å². The van der Waals surface area contributed by atoms with Gasteiger partial charge in [-0.2, -0.15) is 0 Å². The van der Waals surface area contributed by atoms with E-state index >= 15 is 0 Å². The topological polar surface area (TPSA) is 61.8 Å². The van der Waals surface area contributed by atoms with Crippen LogP contribution in [0.2, 0.25) is 0 Å². The predicted molar refractivity (Wildman–Crippen MR) is 76.2 cm³/mol. The maximum atomic E-state index is 11.1. The second kappa shape index (κ2) is 12.4. The van der Waals surface area contributed by atoms with Gasteiger partial charge in [-0.05, 0) is 32.6 Å². The highest BCUT2D eigenvalue weighted by Gasteiger charge is 2.01. The van der Waals surface area contributed by atoms with Crippen LogP contribution in [0.5, 0.6) is 0 Å². The third-order valence-electron chi connectivity index (χ3n) is 2.36. The summed E-state index contributed by atoms with van der Waals surface area (Å²) in [6.07, 6.45) is 4.38. The third-order valence-corrected chi connectivity index (χ3v) is 2.36. The Morgan fingerprint density at radius 2 is 1.45 bits per heavy atom. The lowest BCUT2D eigenvalue weighted by atomic mass is 10.3. The molecular formula is C15H24O5. The van der Waals surface area contributed by atoms with Crippen molar-refractivity contribution in [2.45, 2.75) is 32.6 Å². The molecule has 114 valence electrons. The minimum absolute atomic E-state index is 0.347. The quantitative estimate of drug-likeness (QED) is 0.313. The molecule has 0 aromatic rings. The van der Waals surface area contributed by atoms with Crippen molar-refractivity contribution in [3.8, 4) is 0 Å². The molecule has 0 aliphatic rings. The van der Waals surface area contributed by atoms with Crippen LogP contribution in [0.4, 0.5) is 0 Å². The van der Waals surface area contributed by atoms with Crippen molar-refractivity contribution in [1.82, 2.24) is 0 Å². The van der Waals surface area contributed by atoms with Crippen LogP contribution >= 0.6 is 0 Å². The van der Waals surface area contributed by atoms with E-state index in [9.17, 15) is 9.59 Å². The average Bonchev–Trinajstić information content (AvgIpc) is 2.43. The molecule has 0 atom stereocenters. The van der Waals surface area contributed by atoms with E-state index in [1.807, 2.05) is 0 Å². The van der Waals surface area contributed by atoms with Crippen molar-refractivity contribution >= 4 is 11.9 Å². The Labute approximate surface area is 120 Å². The molecule has 20 heavy (non-hydrogen) atoms. The summed E-state index contributed by atoms with van der Waals surface area (Å²) < 4.78 is 15.2. The predicted octanol–water partition coefficient (Wildman–Crippen LogP) is 2.41. The van der Waals surface area contributed by atoms with E-state index in [1.165, 1.54) is 0 Å². The van der Waals surface area contributed by atoms with Crippen LogP contribution in [0.15, 0.2) is 24.8 Å². The Balaban J connectivity index is 3.17. The lowest BCUT2D eigenvalue weighted by Gasteiger charge is -2.06. The molecular weight excluding hydrogens is 260 g/mol. The van der Waals surface area contributed by atoms with Gasteiger partial charge < -0.3 is 14.2 Å². The number of hydrogen-bond acceptors (Lipinski definition) is 5. The van der Waals surface area contributed by atoms with Gasteiger partial charge >= 0.3 is 11.9 Å². The molecule has 0 radical (unpaired) electrons. The molecule has 0 amide bonds. The molecule has 0 unspecified atom stereocenters. The zero-order valence-electron chi connectivity index (χ0n) is 12.2. The smallest absolute Gasteiger partial charge is 0.333 e. The van der Waals surface area contributed by atoms with E-state index in [2.05, 4.69) is 13.2 Å². The zero-order chi connectivity index (χ0) is 15.2. The second-order valence-electron chi connectivity index (χ2n) is 4.31. The van der Waals surface area contributed by atoms with Crippen molar-refractivity contribution in [2.24, 2.45) is 0 Å². The van der Waals surface area contributed by atoms with Gasteiger partial charge in [-0.1, -0.05) is 13.2 Å². The molecule has 0 N–H and O–H groups in total. The van der Waals surface area contributed by atoms with Crippen LogP contribution in [-0.4, -0.2) is 38.4 Å². The molecule has 0 fully saturated rings. The van der Waals surface area contributed by atoms with Crippen molar-refractivity contribution in [3.63, 3.8) is 0 Å². The number of ether oxygens (including phenoxy) is 3. The fraction of sp³-hybridized carbons (Fsp3) is 0.600. The number of carbonyl (C=O) groups excluding carboxylic acids is 2. The van der Waals surface area contributed by atoms with E-state index in [1.54, 1.807) is 6.92 Å². The fourth-order valence-corrected chi connectivity index (χ4v) is 1.23. The van der Waals surface area contributed by atoms with Gasteiger partial charge in [0.1, 0.15) is 0 Å². The number of rotatable bonds is 12. The number of esters is 2. The molecule has 0 rings (SSSR count). The van der Waals surface area contributed by atoms with Crippen LogP contribution < -0.4 is 0 Å². The first-order valence-electron chi connectivity index (χ1n) is 6.77. The standard InChI is InChI=1S/C15H24O5/c1-4-14(16)19-11-7-5-9-18-10-6-8-12-20-15(17)13(2)3/h4H,1-2,5-12H2,3H3. The van der Waals surface area contributed by atoms with Crippen LogP contribution in [0.1, 0.15) is 32.6 Å². The zero-order valence-corrected chi connectivity index (χ0v) is 12.2. The Morgan fingerprint density at radius 3 is 1.95 bits per heavy atom. The molecule has 0 saturated heterocycles. The minimum Gasteiger partial charge on any atom is -0.463 e. The normalized spacial score (nSPS) is 9.85. The van der Waals surface area contributed by atoms with Gasteiger partial charge in [-0.3, -0.25) is 0 Å². The van der Waals surface area contributed by atoms with Crippen LogP contribution in [-0.2, 0) is 23.8 Å². The van der Waals surface area contributed by atoms with E-state index in [0.29, 0.717) is 32.0 Å². The highest BCUT2D eigenvalue weighted by molar-refractivity contribution is 5.86.